The van der Waals surface area contributed by atoms with Crippen molar-refractivity contribution in [2.45, 2.75) is 56.9 Å². The van der Waals surface area contributed by atoms with Gasteiger partial charge in [-0.25, -0.2) is 4.68 Å². The molecule has 1 saturated heterocycles. The minimum absolute atomic E-state index is 0.0157. The molecule has 3 heterocycles. The number of alkyl halides is 3. The van der Waals surface area contributed by atoms with Gasteiger partial charge in [-0.15, -0.1) is 0 Å². The van der Waals surface area contributed by atoms with E-state index in [9.17, 15) is 18.0 Å². The van der Waals surface area contributed by atoms with E-state index in [1.54, 1.807) is 23.1 Å². The molecule has 4 rings (SSSR count). The van der Waals surface area contributed by atoms with Crippen molar-refractivity contribution in [2.24, 2.45) is 0 Å². The number of ether oxygens (including phenoxy) is 2. The number of carbonyl (C=O) groups excluding carboxylic acids is 1. The zero-order valence-corrected chi connectivity index (χ0v) is 19.3. The molecule has 0 radical (unpaired) electrons. The summed E-state index contributed by atoms with van der Waals surface area (Å²) in [6, 6.07) is 2.25. The van der Waals surface area contributed by atoms with Crippen LogP contribution in [0.4, 0.5) is 19.0 Å². The molecule has 0 saturated carbocycles. The van der Waals surface area contributed by atoms with Crippen molar-refractivity contribution in [3.63, 3.8) is 0 Å². The van der Waals surface area contributed by atoms with Crippen LogP contribution in [0.5, 0.6) is 11.5 Å². The van der Waals surface area contributed by atoms with Crippen LogP contribution >= 0.6 is 11.6 Å². The third-order valence-corrected chi connectivity index (χ3v) is 6.73. The Morgan fingerprint density at radius 2 is 1.94 bits per heavy atom. The number of anilines is 1. The molecule has 2 aromatic rings. The quantitative estimate of drug-likeness (QED) is 0.641. The number of methoxy groups -OCH3 is 2. The molecule has 1 amide bonds. The van der Waals surface area contributed by atoms with Crippen LogP contribution in [0.15, 0.2) is 18.2 Å². The normalized spacial score (nSPS) is 23.0. The first-order valence-corrected chi connectivity index (χ1v) is 11.2. The number of nitrogens with zero attached hydrogens (tertiary/aromatic N) is 3. The fourth-order valence-electron chi connectivity index (χ4n) is 4.55. The Bertz CT molecular complexity index is 1040. The van der Waals surface area contributed by atoms with E-state index in [1.807, 2.05) is 6.92 Å². The molecule has 0 unspecified atom stereocenters. The predicted molar refractivity (Wildman–Crippen MR) is 117 cm³/mol. The maximum absolute atomic E-state index is 14.1. The zero-order chi connectivity index (χ0) is 23.9. The summed E-state index contributed by atoms with van der Waals surface area (Å²) < 4.78 is 53.5. The van der Waals surface area contributed by atoms with Gasteiger partial charge in [-0.2, -0.15) is 18.3 Å². The number of hydrogen-bond donors (Lipinski definition) is 1. The van der Waals surface area contributed by atoms with Crippen LogP contribution in [0.25, 0.3) is 0 Å². The molecule has 2 aliphatic rings. The zero-order valence-electron chi connectivity index (χ0n) is 18.6. The summed E-state index contributed by atoms with van der Waals surface area (Å²) in [5.41, 5.74) is 0.415. The first kappa shape index (κ1) is 23.5. The minimum atomic E-state index is -4.58. The first-order valence-electron chi connectivity index (χ1n) is 10.8. The van der Waals surface area contributed by atoms with Gasteiger partial charge in [-0.1, -0.05) is 17.7 Å². The standard InChI is InChI=1S/C22H26ClF3N4O3/c1-12-6-4-5-9-29(12)21(31)19-18(23)20-27-14(11-17(22(24,25)26)30(20)28-19)13-7-8-15(32-2)16(10-13)33-3/h7-8,10,12,14,17,27H,4-6,9,11H2,1-3H3/t12-,14+,17+/m1/s1. The van der Waals surface area contributed by atoms with Gasteiger partial charge in [0, 0.05) is 19.0 Å². The predicted octanol–water partition coefficient (Wildman–Crippen LogP) is 5.23. The number of likely N-dealkylation sites (tertiary alicyclic amines) is 1. The highest BCUT2D eigenvalue weighted by molar-refractivity contribution is 6.36. The van der Waals surface area contributed by atoms with Crippen molar-refractivity contribution in [1.29, 1.82) is 0 Å². The highest BCUT2D eigenvalue weighted by atomic mass is 35.5. The second-order valence-electron chi connectivity index (χ2n) is 8.40. The average molecular weight is 487 g/mol. The monoisotopic (exact) mass is 486 g/mol. The lowest BCUT2D eigenvalue weighted by molar-refractivity contribution is -0.173. The van der Waals surface area contributed by atoms with Crippen molar-refractivity contribution in [3.05, 3.63) is 34.5 Å². The summed E-state index contributed by atoms with van der Waals surface area (Å²) in [6.45, 7) is 2.45. The molecule has 1 N–H and O–H groups in total. The number of aromatic nitrogens is 2. The number of amides is 1. The molecule has 1 aromatic heterocycles. The number of nitrogens with one attached hydrogen (secondary N) is 1. The maximum Gasteiger partial charge on any atom is 0.410 e. The van der Waals surface area contributed by atoms with Crippen molar-refractivity contribution in [2.75, 3.05) is 26.1 Å². The van der Waals surface area contributed by atoms with Crippen LogP contribution in [0.3, 0.4) is 0 Å². The van der Waals surface area contributed by atoms with E-state index in [2.05, 4.69) is 10.4 Å². The molecule has 7 nitrogen and oxygen atoms in total. The lowest BCUT2D eigenvalue weighted by Gasteiger charge is -2.33. The SMILES string of the molecule is COc1ccc([C@@H]2C[C@@H](C(F)(F)F)n3nc(C(=O)N4CCCC[C@H]4C)c(Cl)c3N2)cc1OC. The molecule has 33 heavy (non-hydrogen) atoms. The summed E-state index contributed by atoms with van der Waals surface area (Å²) in [4.78, 5) is 14.8. The third-order valence-electron chi connectivity index (χ3n) is 6.37. The third kappa shape index (κ3) is 4.32. The molecule has 2 aliphatic heterocycles. The van der Waals surface area contributed by atoms with Crippen LogP contribution < -0.4 is 14.8 Å². The molecule has 11 heteroatoms. The summed E-state index contributed by atoms with van der Waals surface area (Å²) in [5, 5.41) is 7.03. The Balaban J connectivity index is 1.73. The Kier molecular flexibility index (Phi) is 6.39. The Morgan fingerprint density at radius 3 is 2.58 bits per heavy atom. The van der Waals surface area contributed by atoms with Crippen molar-refractivity contribution >= 4 is 23.3 Å². The molecule has 3 atom stereocenters. The van der Waals surface area contributed by atoms with Crippen LogP contribution in [-0.4, -0.2) is 53.6 Å². The van der Waals surface area contributed by atoms with Crippen LogP contribution in [0.2, 0.25) is 5.02 Å². The highest BCUT2D eigenvalue weighted by Crippen LogP contribution is 2.47. The highest BCUT2D eigenvalue weighted by Gasteiger charge is 2.48. The number of halogens is 4. The molecular formula is C22H26ClF3N4O3. The van der Waals surface area contributed by atoms with E-state index in [1.165, 1.54) is 14.2 Å². The lowest BCUT2D eigenvalue weighted by atomic mass is 9.96. The van der Waals surface area contributed by atoms with Gasteiger partial charge < -0.3 is 19.7 Å². The Hall–Kier alpha value is -2.62. The Morgan fingerprint density at radius 1 is 1.21 bits per heavy atom. The van der Waals surface area contributed by atoms with Gasteiger partial charge in [-0.3, -0.25) is 4.79 Å². The van der Waals surface area contributed by atoms with Crippen molar-refractivity contribution < 1.29 is 27.4 Å². The number of fused-ring (bicyclic) bond motifs is 1. The lowest BCUT2D eigenvalue weighted by Crippen LogP contribution is -2.42. The largest absolute Gasteiger partial charge is 0.493 e. The fraction of sp³-hybridized carbons (Fsp3) is 0.545. The first-order chi connectivity index (χ1) is 15.7. The number of carbonyl (C=O) groups is 1. The number of rotatable bonds is 4. The van der Waals surface area contributed by atoms with E-state index >= 15 is 0 Å². The van der Waals surface area contributed by atoms with Crippen LogP contribution in [0.1, 0.15) is 60.7 Å². The molecule has 0 bridgehead atoms. The van der Waals surface area contributed by atoms with Gasteiger partial charge in [0.15, 0.2) is 23.2 Å². The van der Waals surface area contributed by atoms with Crippen molar-refractivity contribution in [3.8, 4) is 11.5 Å². The molecule has 1 fully saturated rings. The summed E-state index contributed by atoms with van der Waals surface area (Å²) in [7, 11) is 2.94. The smallest absolute Gasteiger partial charge is 0.410 e. The van der Waals surface area contributed by atoms with E-state index in [-0.39, 0.29) is 29.0 Å². The van der Waals surface area contributed by atoms with E-state index in [0.717, 1.165) is 23.9 Å². The van der Waals surface area contributed by atoms with Gasteiger partial charge in [0.1, 0.15) is 10.8 Å². The number of piperidine rings is 1. The van der Waals surface area contributed by atoms with Crippen LogP contribution in [0, 0.1) is 0 Å². The topological polar surface area (TPSA) is 68.6 Å². The van der Waals surface area contributed by atoms with Gasteiger partial charge in [0.2, 0.25) is 0 Å². The Labute approximate surface area is 194 Å². The van der Waals surface area contributed by atoms with Gasteiger partial charge in [0.25, 0.3) is 5.91 Å². The maximum atomic E-state index is 14.1. The molecule has 180 valence electrons. The number of benzene rings is 1. The molecule has 1 aromatic carbocycles. The minimum Gasteiger partial charge on any atom is -0.493 e. The summed E-state index contributed by atoms with van der Waals surface area (Å²) in [6.07, 6.45) is -2.23. The summed E-state index contributed by atoms with van der Waals surface area (Å²) >= 11 is 6.47. The molecular weight excluding hydrogens is 461 g/mol. The molecule has 0 spiro atoms. The van der Waals surface area contributed by atoms with Crippen molar-refractivity contribution in [1.82, 2.24) is 14.7 Å². The van der Waals surface area contributed by atoms with E-state index in [4.69, 9.17) is 21.1 Å². The summed E-state index contributed by atoms with van der Waals surface area (Å²) in [5.74, 6) is 0.411. The van der Waals surface area contributed by atoms with Crippen LogP contribution in [-0.2, 0) is 0 Å². The second kappa shape index (κ2) is 8.96. The van der Waals surface area contributed by atoms with Gasteiger partial charge >= 0.3 is 6.18 Å². The van der Waals surface area contributed by atoms with Gasteiger partial charge in [-0.05, 0) is 43.9 Å². The second-order valence-corrected chi connectivity index (χ2v) is 8.78. The van der Waals surface area contributed by atoms with Gasteiger partial charge in [0.05, 0.1) is 20.3 Å². The van der Waals surface area contributed by atoms with E-state index in [0.29, 0.717) is 23.6 Å². The number of hydrogen-bond acceptors (Lipinski definition) is 5. The molecule has 0 aliphatic carbocycles. The fourth-order valence-corrected chi connectivity index (χ4v) is 4.81. The average Bonchev–Trinajstić information content (AvgIpc) is 3.13. The van der Waals surface area contributed by atoms with E-state index < -0.39 is 24.2 Å².